The molecule has 0 radical (unpaired) electrons. The van der Waals surface area contributed by atoms with Gasteiger partial charge in [-0.1, -0.05) is 11.6 Å². The number of amides is 1. The van der Waals surface area contributed by atoms with Crippen LogP contribution < -0.4 is 4.74 Å². The second kappa shape index (κ2) is 6.44. The van der Waals surface area contributed by atoms with E-state index in [4.69, 9.17) is 21.6 Å². The first kappa shape index (κ1) is 13.7. The van der Waals surface area contributed by atoms with Gasteiger partial charge >= 0.3 is 0 Å². The molecule has 0 saturated carbocycles. The van der Waals surface area contributed by atoms with E-state index in [2.05, 4.69) is 6.07 Å². The number of benzene rings is 1. The summed E-state index contributed by atoms with van der Waals surface area (Å²) < 4.78 is 5.41. The summed E-state index contributed by atoms with van der Waals surface area (Å²) in [4.78, 5) is 13.6. The van der Waals surface area contributed by atoms with Gasteiger partial charge in [-0.25, -0.2) is 0 Å². The average molecular weight is 279 g/mol. The van der Waals surface area contributed by atoms with E-state index in [-0.39, 0.29) is 18.6 Å². The number of carbonyl (C=O) groups excluding carboxylic acids is 1. The molecule has 1 unspecified atom stereocenters. The maximum atomic E-state index is 12.0. The van der Waals surface area contributed by atoms with Crippen LogP contribution in [0.15, 0.2) is 24.3 Å². The van der Waals surface area contributed by atoms with E-state index in [0.29, 0.717) is 17.3 Å². The molecule has 1 heterocycles. The van der Waals surface area contributed by atoms with E-state index < -0.39 is 0 Å². The molecule has 2 rings (SSSR count). The summed E-state index contributed by atoms with van der Waals surface area (Å²) in [6.45, 7) is 0.598. The van der Waals surface area contributed by atoms with Crippen LogP contribution in [-0.4, -0.2) is 30.0 Å². The molecule has 1 aromatic carbocycles. The molecule has 100 valence electrons. The molecular formula is C14H15ClN2O2. The molecule has 1 aliphatic rings. The van der Waals surface area contributed by atoms with E-state index in [1.165, 1.54) is 0 Å². The first-order valence-corrected chi connectivity index (χ1v) is 6.66. The number of nitriles is 1. The van der Waals surface area contributed by atoms with Gasteiger partial charge in [0.2, 0.25) is 0 Å². The Bertz CT molecular complexity index is 481. The average Bonchev–Trinajstić information content (AvgIpc) is 2.46. The van der Waals surface area contributed by atoms with Gasteiger partial charge < -0.3 is 9.64 Å². The lowest BCUT2D eigenvalue weighted by atomic mass is 10.0. The molecule has 1 saturated heterocycles. The van der Waals surface area contributed by atoms with Crippen molar-refractivity contribution in [1.29, 1.82) is 5.26 Å². The van der Waals surface area contributed by atoms with Crippen molar-refractivity contribution >= 4 is 17.5 Å². The fourth-order valence-electron chi connectivity index (χ4n) is 2.12. The summed E-state index contributed by atoms with van der Waals surface area (Å²) >= 11 is 5.77. The maximum absolute atomic E-state index is 12.0. The van der Waals surface area contributed by atoms with E-state index in [0.717, 1.165) is 19.3 Å². The summed E-state index contributed by atoms with van der Waals surface area (Å²) in [6.07, 6.45) is 2.70. The molecule has 0 N–H and O–H groups in total. The molecule has 4 nitrogen and oxygen atoms in total. The third-order valence-corrected chi connectivity index (χ3v) is 3.40. The number of ether oxygens (including phenoxy) is 1. The highest BCUT2D eigenvalue weighted by atomic mass is 35.5. The number of piperidine rings is 1. The fraction of sp³-hybridized carbons (Fsp3) is 0.429. The number of rotatable bonds is 3. The highest BCUT2D eigenvalue weighted by Crippen LogP contribution is 2.18. The topological polar surface area (TPSA) is 53.3 Å². The number of hydrogen-bond donors (Lipinski definition) is 0. The van der Waals surface area contributed by atoms with Crippen molar-refractivity contribution in [2.75, 3.05) is 13.2 Å². The quantitative estimate of drug-likeness (QED) is 0.854. The molecule has 0 aromatic heterocycles. The predicted octanol–water partition coefficient (Wildman–Crippen LogP) is 2.62. The van der Waals surface area contributed by atoms with Gasteiger partial charge in [-0.3, -0.25) is 4.79 Å². The Morgan fingerprint density at radius 1 is 1.42 bits per heavy atom. The minimum atomic E-state index is -0.310. The lowest BCUT2D eigenvalue weighted by Crippen LogP contribution is -2.45. The summed E-state index contributed by atoms with van der Waals surface area (Å²) in [5, 5.41) is 9.65. The minimum Gasteiger partial charge on any atom is -0.484 e. The molecule has 0 spiro atoms. The van der Waals surface area contributed by atoms with Crippen molar-refractivity contribution < 1.29 is 9.53 Å². The number of carbonyl (C=O) groups is 1. The van der Waals surface area contributed by atoms with Crippen molar-refractivity contribution in [2.45, 2.75) is 25.3 Å². The molecule has 5 heteroatoms. The van der Waals surface area contributed by atoms with E-state index in [1.807, 2.05) is 0 Å². The molecular weight excluding hydrogens is 264 g/mol. The Hall–Kier alpha value is -1.73. The summed E-state index contributed by atoms with van der Waals surface area (Å²) in [7, 11) is 0. The summed E-state index contributed by atoms with van der Waals surface area (Å²) in [6, 6.07) is 8.71. The van der Waals surface area contributed by atoms with Crippen LogP contribution in [0.3, 0.4) is 0 Å². The van der Waals surface area contributed by atoms with Crippen LogP contribution in [0.2, 0.25) is 5.02 Å². The highest BCUT2D eigenvalue weighted by molar-refractivity contribution is 6.30. The largest absolute Gasteiger partial charge is 0.484 e. The van der Waals surface area contributed by atoms with Gasteiger partial charge in [0.05, 0.1) is 6.07 Å². The molecule has 0 aliphatic carbocycles. The first-order valence-electron chi connectivity index (χ1n) is 6.28. The zero-order chi connectivity index (χ0) is 13.7. The minimum absolute atomic E-state index is 0.0419. The molecule has 1 aromatic rings. The third-order valence-electron chi connectivity index (χ3n) is 3.15. The van der Waals surface area contributed by atoms with Crippen LogP contribution >= 0.6 is 11.6 Å². The van der Waals surface area contributed by atoms with Gasteiger partial charge in [-0.2, -0.15) is 5.26 Å². The van der Waals surface area contributed by atoms with Gasteiger partial charge in [-0.15, -0.1) is 0 Å². The van der Waals surface area contributed by atoms with Gasteiger partial charge in [0, 0.05) is 11.6 Å². The second-order valence-corrected chi connectivity index (χ2v) is 4.91. The van der Waals surface area contributed by atoms with Gasteiger partial charge in [0.25, 0.3) is 5.91 Å². The SMILES string of the molecule is N#CC1CCCCN1C(=O)COc1ccc(Cl)cc1. The monoisotopic (exact) mass is 278 g/mol. The van der Waals surface area contributed by atoms with Crippen LogP contribution in [0.1, 0.15) is 19.3 Å². The Kier molecular flexibility index (Phi) is 4.64. The van der Waals surface area contributed by atoms with Gasteiger partial charge in [0.15, 0.2) is 6.61 Å². The number of hydrogen-bond acceptors (Lipinski definition) is 3. The smallest absolute Gasteiger partial charge is 0.261 e. The van der Waals surface area contributed by atoms with Crippen molar-refractivity contribution in [3.8, 4) is 11.8 Å². The number of nitrogens with zero attached hydrogens (tertiary/aromatic N) is 2. The molecule has 1 amide bonds. The zero-order valence-electron chi connectivity index (χ0n) is 10.5. The standard InChI is InChI=1S/C14H15ClN2O2/c15-11-4-6-13(7-5-11)19-10-14(18)17-8-2-1-3-12(17)9-16/h4-7,12H,1-3,8,10H2. The van der Waals surface area contributed by atoms with Crippen LogP contribution in [0, 0.1) is 11.3 Å². The Morgan fingerprint density at radius 3 is 2.84 bits per heavy atom. The zero-order valence-corrected chi connectivity index (χ0v) is 11.3. The molecule has 19 heavy (non-hydrogen) atoms. The van der Waals surface area contributed by atoms with Crippen molar-refractivity contribution in [3.05, 3.63) is 29.3 Å². The van der Waals surface area contributed by atoms with E-state index >= 15 is 0 Å². The van der Waals surface area contributed by atoms with Gasteiger partial charge in [0.1, 0.15) is 11.8 Å². The van der Waals surface area contributed by atoms with Crippen molar-refractivity contribution in [1.82, 2.24) is 4.90 Å². The van der Waals surface area contributed by atoms with Crippen molar-refractivity contribution in [2.24, 2.45) is 0 Å². The summed E-state index contributed by atoms with van der Waals surface area (Å²) in [5.41, 5.74) is 0. The molecule has 0 bridgehead atoms. The van der Waals surface area contributed by atoms with Crippen LogP contribution in [0.25, 0.3) is 0 Å². The lowest BCUT2D eigenvalue weighted by molar-refractivity contribution is -0.135. The third kappa shape index (κ3) is 3.62. The normalized spacial score (nSPS) is 18.7. The van der Waals surface area contributed by atoms with E-state index in [9.17, 15) is 4.79 Å². The number of likely N-dealkylation sites (tertiary alicyclic amines) is 1. The maximum Gasteiger partial charge on any atom is 0.261 e. The fourth-order valence-corrected chi connectivity index (χ4v) is 2.25. The number of halogens is 1. The molecule has 1 aliphatic heterocycles. The lowest BCUT2D eigenvalue weighted by Gasteiger charge is -2.31. The van der Waals surface area contributed by atoms with Crippen LogP contribution in [0.4, 0.5) is 0 Å². The Balaban J connectivity index is 1.90. The molecule has 1 fully saturated rings. The van der Waals surface area contributed by atoms with Crippen molar-refractivity contribution in [3.63, 3.8) is 0 Å². The predicted molar refractivity (Wildman–Crippen MR) is 71.9 cm³/mol. The highest BCUT2D eigenvalue weighted by Gasteiger charge is 2.26. The Labute approximate surface area is 117 Å². The van der Waals surface area contributed by atoms with Crippen LogP contribution in [-0.2, 0) is 4.79 Å². The van der Waals surface area contributed by atoms with Crippen LogP contribution in [0.5, 0.6) is 5.75 Å². The molecule has 1 atom stereocenters. The second-order valence-electron chi connectivity index (χ2n) is 4.47. The van der Waals surface area contributed by atoms with E-state index in [1.54, 1.807) is 29.2 Å². The van der Waals surface area contributed by atoms with Gasteiger partial charge in [-0.05, 0) is 43.5 Å². The Morgan fingerprint density at radius 2 is 2.16 bits per heavy atom. The first-order chi connectivity index (χ1) is 9.20. The summed E-state index contributed by atoms with van der Waals surface area (Å²) in [5.74, 6) is 0.462.